The number of nitrogens with zero attached hydrogens (tertiary/aromatic N) is 1. The predicted octanol–water partition coefficient (Wildman–Crippen LogP) is 5.41. The van der Waals surface area contributed by atoms with Gasteiger partial charge in [0.1, 0.15) is 11.2 Å². The summed E-state index contributed by atoms with van der Waals surface area (Å²) in [6.07, 6.45) is 0. The third kappa shape index (κ3) is 3.57. The fourth-order valence-electron chi connectivity index (χ4n) is 2.37. The van der Waals surface area contributed by atoms with Crippen LogP contribution in [0.15, 0.2) is 42.5 Å². The number of anilines is 1. The smallest absolute Gasteiger partial charge is 0.308 e. The van der Waals surface area contributed by atoms with E-state index in [9.17, 15) is 9.18 Å². The molecule has 2 amide bonds. The normalized spacial score (nSPS) is 17.3. The van der Waals surface area contributed by atoms with E-state index in [0.717, 1.165) is 11.3 Å². The first-order valence-corrected chi connectivity index (χ1v) is 8.75. The van der Waals surface area contributed by atoms with E-state index in [1.165, 1.54) is 12.1 Å². The largest absolute Gasteiger partial charge is 0.323 e. The van der Waals surface area contributed by atoms with Gasteiger partial charge in [-0.05, 0) is 29.8 Å². The molecule has 1 N–H and O–H groups in total. The van der Waals surface area contributed by atoms with E-state index in [-0.39, 0.29) is 17.1 Å². The molecule has 3 nitrogen and oxygen atoms in total. The van der Waals surface area contributed by atoms with Crippen molar-refractivity contribution in [1.29, 1.82) is 0 Å². The fourth-order valence-corrected chi connectivity index (χ4v) is 3.92. The van der Waals surface area contributed by atoms with Crippen LogP contribution in [0.5, 0.6) is 0 Å². The average molecular weight is 371 g/mol. The zero-order valence-electron chi connectivity index (χ0n) is 11.9. The van der Waals surface area contributed by atoms with Gasteiger partial charge in [-0.3, -0.25) is 0 Å². The number of hydrogen-bond acceptors (Lipinski definition) is 2. The van der Waals surface area contributed by atoms with Crippen molar-refractivity contribution in [3.05, 3.63) is 63.9 Å². The standard InChI is InChI=1S/C16H13Cl2FN2OS/c17-11-6-5-10(9-12(11)18)15-21(7-8-23-15)16(22)20-14-4-2-1-3-13(14)19/h1-6,9,15H,7-8H2,(H,20,22)/t15-/m1/s1. The minimum Gasteiger partial charge on any atom is -0.308 e. The highest BCUT2D eigenvalue weighted by Gasteiger charge is 2.31. The summed E-state index contributed by atoms with van der Waals surface area (Å²) in [5, 5.41) is 3.37. The minimum absolute atomic E-state index is 0.169. The van der Waals surface area contributed by atoms with Crippen molar-refractivity contribution in [2.24, 2.45) is 0 Å². The molecular weight excluding hydrogens is 358 g/mol. The molecule has 1 heterocycles. The molecular formula is C16H13Cl2FN2OS. The number of urea groups is 1. The van der Waals surface area contributed by atoms with E-state index >= 15 is 0 Å². The molecule has 0 radical (unpaired) electrons. The van der Waals surface area contributed by atoms with Crippen molar-refractivity contribution in [2.75, 3.05) is 17.6 Å². The van der Waals surface area contributed by atoms with Crippen LogP contribution in [0.1, 0.15) is 10.9 Å². The topological polar surface area (TPSA) is 32.3 Å². The van der Waals surface area contributed by atoms with Crippen molar-refractivity contribution in [3.8, 4) is 0 Å². The number of carbonyl (C=O) groups excluding carboxylic acids is 1. The molecule has 0 saturated carbocycles. The van der Waals surface area contributed by atoms with Crippen LogP contribution in [0.3, 0.4) is 0 Å². The van der Waals surface area contributed by atoms with Crippen LogP contribution in [-0.4, -0.2) is 23.2 Å². The quantitative estimate of drug-likeness (QED) is 0.765. The fraction of sp³-hybridized carbons (Fsp3) is 0.188. The second-order valence-corrected chi connectivity index (χ2v) is 7.00. The molecule has 0 bridgehead atoms. The number of hydrogen-bond donors (Lipinski definition) is 1. The number of thioether (sulfide) groups is 1. The van der Waals surface area contributed by atoms with E-state index in [1.807, 2.05) is 6.07 Å². The maximum atomic E-state index is 13.7. The number of halogens is 3. The Hall–Kier alpha value is -1.43. The van der Waals surface area contributed by atoms with Gasteiger partial charge in [0.2, 0.25) is 0 Å². The van der Waals surface area contributed by atoms with Crippen molar-refractivity contribution in [2.45, 2.75) is 5.37 Å². The van der Waals surface area contributed by atoms with Crippen LogP contribution >= 0.6 is 35.0 Å². The van der Waals surface area contributed by atoms with Crippen LogP contribution in [0, 0.1) is 5.82 Å². The molecule has 2 aromatic carbocycles. The monoisotopic (exact) mass is 370 g/mol. The van der Waals surface area contributed by atoms with Gasteiger partial charge in [-0.1, -0.05) is 41.4 Å². The number of para-hydroxylation sites is 1. The molecule has 2 aromatic rings. The van der Waals surface area contributed by atoms with Crippen LogP contribution in [0.2, 0.25) is 10.0 Å². The first-order chi connectivity index (χ1) is 11.1. The summed E-state index contributed by atoms with van der Waals surface area (Å²) in [6, 6.07) is 11.1. The van der Waals surface area contributed by atoms with Gasteiger partial charge in [-0.15, -0.1) is 11.8 Å². The maximum absolute atomic E-state index is 13.7. The van der Waals surface area contributed by atoms with E-state index < -0.39 is 5.82 Å². The van der Waals surface area contributed by atoms with Gasteiger partial charge >= 0.3 is 6.03 Å². The average Bonchev–Trinajstić information content (AvgIpc) is 3.02. The summed E-state index contributed by atoms with van der Waals surface area (Å²) in [7, 11) is 0. The Morgan fingerprint density at radius 1 is 1.22 bits per heavy atom. The summed E-state index contributed by atoms with van der Waals surface area (Å²) in [4.78, 5) is 14.1. The number of nitrogens with one attached hydrogen (secondary N) is 1. The SMILES string of the molecule is O=C(Nc1ccccc1F)N1CCS[C@@H]1c1ccc(Cl)c(Cl)c1. The second kappa shape index (κ2) is 6.99. The maximum Gasteiger partial charge on any atom is 0.323 e. The summed E-state index contributed by atoms with van der Waals surface area (Å²) >= 11 is 13.6. The van der Waals surface area contributed by atoms with Crippen LogP contribution in [0.4, 0.5) is 14.9 Å². The Morgan fingerprint density at radius 2 is 2.00 bits per heavy atom. The summed E-state index contributed by atoms with van der Waals surface area (Å²) in [5.41, 5.74) is 1.06. The van der Waals surface area contributed by atoms with Gasteiger partial charge in [-0.2, -0.15) is 0 Å². The zero-order chi connectivity index (χ0) is 16.4. The van der Waals surface area contributed by atoms with Crippen LogP contribution in [0.25, 0.3) is 0 Å². The Kier molecular flexibility index (Phi) is 4.99. The highest BCUT2D eigenvalue weighted by molar-refractivity contribution is 7.99. The lowest BCUT2D eigenvalue weighted by atomic mass is 10.2. The third-order valence-corrected chi connectivity index (χ3v) is 5.50. The molecule has 1 fully saturated rings. The first kappa shape index (κ1) is 16.4. The van der Waals surface area contributed by atoms with E-state index in [2.05, 4.69) is 5.32 Å². The molecule has 0 unspecified atom stereocenters. The predicted molar refractivity (Wildman–Crippen MR) is 93.8 cm³/mol. The van der Waals surface area contributed by atoms with Crippen molar-refractivity contribution < 1.29 is 9.18 Å². The lowest BCUT2D eigenvalue weighted by Crippen LogP contribution is -2.34. The van der Waals surface area contributed by atoms with Crippen molar-refractivity contribution >= 4 is 46.7 Å². The lowest BCUT2D eigenvalue weighted by Gasteiger charge is -2.24. The van der Waals surface area contributed by atoms with E-state index in [1.54, 1.807) is 40.9 Å². The number of carbonyl (C=O) groups is 1. The summed E-state index contributed by atoms with van der Waals surface area (Å²) < 4.78 is 13.7. The molecule has 1 aliphatic rings. The number of rotatable bonds is 2. The van der Waals surface area contributed by atoms with E-state index in [4.69, 9.17) is 23.2 Å². The van der Waals surface area contributed by atoms with Crippen LogP contribution < -0.4 is 5.32 Å². The van der Waals surface area contributed by atoms with Gasteiger partial charge in [-0.25, -0.2) is 9.18 Å². The number of amides is 2. The highest BCUT2D eigenvalue weighted by Crippen LogP contribution is 2.40. The first-order valence-electron chi connectivity index (χ1n) is 6.95. The number of benzene rings is 2. The van der Waals surface area contributed by atoms with Crippen molar-refractivity contribution in [3.63, 3.8) is 0 Å². The molecule has 7 heteroatoms. The van der Waals surface area contributed by atoms with Gasteiger partial charge in [0.05, 0.1) is 15.7 Å². The molecule has 1 saturated heterocycles. The van der Waals surface area contributed by atoms with Gasteiger partial charge in [0.15, 0.2) is 0 Å². The highest BCUT2D eigenvalue weighted by atomic mass is 35.5. The Labute approximate surface area is 147 Å². The van der Waals surface area contributed by atoms with Gasteiger partial charge in [0.25, 0.3) is 0 Å². The zero-order valence-corrected chi connectivity index (χ0v) is 14.3. The molecule has 23 heavy (non-hydrogen) atoms. The second-order valence-electron chi connectivity index (χ2n) is 5.00. The lowest BCUT2D eigenvalue weighted by molar-refractivity contribution is 0.214. The Bertz CT molecular complexity index is 744. The summed E-state index contributed by atoms with van der Waals surface area (Å²) in [5.74, 6) is 0.342. The molecule has 0 aromatic heterocycles. The molecule has 0 spiro atoms. The van der Waals surface area contributed by atoms with Gasteiger partial charge in [0, 0.05) is 12.3 Å². The minimum atomic E-state index is -0.459. The van der Waals surface area contributed by atoms with Crippen molar-refractivity contribution in [1.82, 2.24) is 4.90 Å². The molecule has 3 rings (SSSR count). The summed E-state index contributed by atoms with van der Waals surface area (Å²) in [6.45, 7) is 0.579. The molecule has 1 atom stereocenters. The van der Waals surface area contributed by atoms with Gasteiger partial charge < -0.3 is 10.2 Å². The van der Waals surface area contributed by atoms with Crippen LogP contribution in [-0.2, 0) is 0 Å². The third-order valence-electron chi connectivity index (χ3n) is 3.50. The Morgan fingerprint density at radius 3 is 2.74 bits per heavy atom. The molecule has 0 aliphatic carbocycles. The van der Waals surface area contributed by atoms with E-state index in [0.29, 0.717) is 16.6 Å². The molecule has 1 aliphatic heterocycles. The Balaban J connectivity index is 1.79. The molecule has 120 valence electrons.